The Kier molecular flexibility index (Phi) is 6.72. The molecule has 23 heavy (non-hydrogen) atoms. The number of hydrogen-bond acceptors (Lipinski definition) is 4. The van der Waals surface area contributed by atoms with E-state index in [9.17, 15) is 0 Å². The third kappa shape index (κ3) is 4.85. The highest BCUT2D eigenvalue weighted by atomic mass is 16.5. The highest BCUT2D eigenvalue weighted by Gasteiger charge is 2.24. The van der Waals surface area contributed by atoms with Crippen molar-refractivity contribution < 1.29 is 4.74 Å². The Morgan fingerprint density at radius 2 is 1.87 bits per heavy atom. The Morgan fingerprint density at radius 1 is 1.17 bits per heavy atom. The number of piperidine rings is 1. The predicted molar refractivity (Wildman–Crippen MR) is 98.8 cm³/mol. The number of likely N-dealkylation sites (N-methyl/N-ethyl adjacent to an activating group) is 2. The van der Waals surface area contributed by atoms with Gasteiger partial charge in [-0.15, -0.1) is 0 Å². The van der Waals surface area contributed by atoms with E-state index in [-0.39, 0.29) is 0 Å². The fourth-order valence-electron chi connectivity index (χ4n) is 3.48. The molecule has 0 aliphatic carbocycles. The second-order valence-corrected chi connectivity index (χ2v) is 6.80. The van der Waals surface area contributed by atoms with Crippen LogP contribution >= 0.6 is 0 Å². The first-order chi connectivity index (χ1) is 11.0. The van der Waals surface area contributed by atoms with Gasteiger partial charge in [-0.1, -0.05) is 6.92 Å². The van der Waals surface area contributed by atoms with E-state index >= 15 is 0 Å². The van der Waals surface area contributed by atoms with Crippen molar-refractivity contribution in [2.24, 2.45) is 0 Å². The van der Waals surface area contributed by atoms with Crippen molar-refractivity contribution in [2.45, 2.75) is 32.7 Å². The number of nitrogens with zero attached hydrogens (tertiary/aromatic N) is 3. The molecule has 1 aliphatic rings. The van der Waals surface area contributed by atoms with Crippen LogP contribution in [0.3, 0.4) is 0 Å². The predicted octanol–water partition coefficient (Wildman–Crippen LogP) is 2.86. The lowest BCUT2D eigenvalue weighted by Gasteiger charge is -2.39. The van der Waals surface area contributed by atoms with E-state index in [4.69, 9.17) is 4.74 Å². The molecule has 0 saturated carbocycles. The molecular formula is C19H33N3O. The molecule has 2 rings (SSSR count). The Bertz CT molecular complexity index is 482. The van der Waals surface area contributed by atoms with Gasteiger partial charge in [-0.25, -0.2) is 0 Å². The van der Waals surface area contributed by atoms with Crippen molar-refractivity contribution >= 4 is 5.69 Å². The van der Waals surface area contributed by atoms with Crippen molar-refractivity contribution in [3.63, 3.8) is 0 Å². The zero-order valence-electron chi connectivity index (χ0n) is 15.5. The van der Waals surface area contributed by atoms with Crippen molar-refractivity contribution in [3.05, 3.63) is 23.8 Å². The van der Waals surface area contributed by atoms with Gasteiger partial charge in [0.2, 0.25) is 0 Å². The van der Waals surface area contributed by atoms with E-state index in [0.717, 1.165) is 38.0 Å². The van der Waals surface area contributed by atoms with Gasteiger partial charge in [0.05, 0.1) is 7.11 Å². The van der Waals surface area contributed by atoms with Gasteiger partial charge in [0, 0.05) is 37.9 Å². The number of anilines is 1. The van der Waals surface area contributed by atoms with Crippen LogP contribution in [0.1, 0.15) is 25.3 Å². The molecule has 1 fully saturated rings. The number of rotatable bonds is 7. The lowest BCUT2D eigenvalue weighted by atomic mass is 10.0. The zero-order valence-corrected chi connectivity index (χ0v) is 15.5. The number of benzene rings is 1. The van der Waals surface area contributed by atoms with E-state index in [0.29, 0.717) is 0 Å². The summed E-state index contributed by atoms with van der Waals surface area (Å²) in [4.78, 5) is 7.44. The van der Waals surface area contributed by atoms with Crippen LogP contribution in [0.4, 0.5) is 5.69 Å². The van der Waals surface area contributed by atoms with Gasteiger partial charge in [0.15, 0.2) is 0 Å². The van der Waals surface area contributed by atoms with Crippen LogP contribution in [-0.4, -0.2) is 69.8 Å². The number of hydrogen-bond donors (Lipinski definition) is 0. The molecule has 0 amide bonds. The molecule has 0 unspecified atom stereocenters. The molecule has 0 N–H and O–H groups in total. The van der Waals surface area contributed by atoms with E-state index in [2.05, 4.69) is 60.8 Å². The second kappa shape index (κ2) is 8.55. The third-order valence-corrected chi connectivity index (χ3v) is 4.97. The first kappa shape index (κ1) is 18.1. The van der Waals surface area contributed by atoms with Gasteiger partial charge in [-0.2, -0.15) is 0 Å². The second-order valence-electron chi connectivity index (χ2n) is 6.80. The molecule has 0 aromatic heterocycles. The van der Waals surface area contributed by atoms with E-state index < -0.39 is 0 Å². The number of aryl methyl sites for hydroxylation is 1. The van der Waals surface area contributed by atoms with Gasteiger partial charge in [0.1, 0.15) is 5.75 Å². The summed E-state index contributed by atoms with van der Waals surface area (Å²) in [5.41, 5.74) is 2.55. The number of ether oxygens (including phenoxy) is 1. The van der Waals surface area contributed by atoms with Crippen molar-refractivity contribution in [1.29, 1.82) is 0 Å². The number of methoxy groups -OCH3 is 1. The Morgan fingerprint density at radius 3 is 2.39 bits per heavy atom. The van der Waals surface area contributed by atoms with Gasteiger partial charge in [-0.05, 0) is 64.2 Å². The highest BCUT2D eigenvalue weighted by Crippen LogP contribution is 2.27. The molecule has 4 nitrogen and oxygen atoms in total. The van der Waals surface area contributed by atoms with Crippen LogP contribution in [0.15, 0.2) is 18.2 Å². The average Bonchev–Trinajstić information content (AvgIpc) is 2.55. The van der Waals surface area contributed by atoms with Crippen LogP contribution < -0.4 is 9.64 Å². The smallest absolute Gasteiger partial charge is 0.121 e. The van der Waals surface area contributed by atoms with Crippen LogP contribution in [0.25, 0.3) is 0 Å². The first-order valence-electron chi connectivity index (χ1n) is 8.83. The Hall–Kier alpha value is -1.26. The fourth-order valence-corrected chi connectivity index (χ4v) is 3.48. The molecule has 1 saturated heterocycles. The molecule has 1 aromatic carbocycles. The van der Waals surface area contributed by atoms with Gasteiger partial charge >= 0.3 is 0 Å². The molecule has 0 atom stereocenters. The summed E-state index contributed by atoms with van der Waals surface area (Å²) in [7, 11) is 6.05. The average molecular weight is 319 g/mol. The minimum atomic E-state index is 0.732. The van der Waals surface area contributed by atoms with E-state index in [1.807, 2.05) is 0 Å². The quantitative estimate of drug-likeness (QED) is 0.769. The van der Waals surface area contributed by atoms with Gasteiger partial charge < -0.3 is 14.5 Å². The highest BCUT2D eigenvalue weighted by molar-refractivity contribution is 5.53. The fraction of sp³-hybridized carbons (Fsp3) is 0.684. The molecule has 1 aromatic rings. The SMILES string of the molecule is CCN(CCN(C)C)C1CCN(c2ccc(OC)c(C)c2)CC1. The third-order valence-electron chi connectivity index (χ3n) is 4.97. The minimum absolute atomic E-state index is 0.732. The largest absolute Gasteiger partial charge is 0.496 e. The van der Waals surface area contributed by atoms with Crippen molar-refractivity contribution in [1.82, 2.24) is 9.80 Å². The van der Waals surface area contributed by atoms with E-state index in [1.54, 1.807) is 7.11 Å². The molecule has 4 heteroatoms. The van der Waals surface area contributed by atoms with Crippen molar-refractivity contribution in [3.8, 4) is 5.75 Å². The summed E-state index contributed by atoms with van der Waals surface area (Å²) in [6, 6.07) is 7.26. The molecule has 1 heterocycles. The summed E-state index contributed by atoms with van der Waals surface area (Å²) >= 11 is 0. The lowest BCUT2D eigenvalue weighted by Crippen LogP contribution is -2.46. The van der Waals surface area contributed by atoms with Crippen LogP contribution in [-0.2, 0) is 0 Å². The standard InChI is InChI=1S/C19H33N3O/c1-6-21(14-13-20(3)4)17-9-11-22(12-10-17)18-7-8-19(23-5)16(2)15-18/h7-8,15,17H,6,9-14H2,1-5H3. The molecule has 0 spiro atoms. The van der Waals surface area contributed by atoms with Crippen LogP contribution in [0.5, 0.6) is 5.75 Å². The Balaban J connectivity index is 1.91. The summed E-state index contributed by atoms with van der Waals surface area (Å²) in [5.74, 6) is 0.976. The summed E-state index contributed by atoms with van der Waals surface area (Å²) in [6.07, 6.45) is 2.51. The molecule has 1 aliphatic heterocycles. The van der Waals surface area contributed by atoms with Gasteiger partial charge in [-0.3, -0.25) is 4.90 Å². The first-order valence-corrected chi connectivity index (χ1v) is 8.83. The molecule has 0 bridgehead atoms. The summed E-state index contributed by atoms with van der Waals surface area (Å²) in [5, 5.41) is 0. The van der Waals surface area contributed by atoms with Gasteiger partial charge in [0.25, 0.3) is 0 Å². The summed E-state index contributed by atoms with van der Waals surface area (Å²) in [6.45, 7) is 10.2. The topological polar surface area (TPSA) is 19.0 Å². The zero-order chi connectivity index (χ0) is 16.8. The monoisotopic (exact) mass is 319 g/mol. The molecular weight excluding hydrogens is 286 g/mol. The Labute approximate surface area is 142 Å². The van der Waals surface area contributed by atoms with Crippen molar-refractivity contribution in [2.75, 3.05) is 58.8 Å². The maximum Gasteiger partial charge on any atom is 0.121 e. The lowest BCUT2D eigenvalue weighted by molar-refractivity contribution is 0.163. The summed E-state index contributed by atoms with van der Waals surface area (Å²) < 4.78 is 5.37. The van der Waals surface area contributed by atoms with E-state index in [1.165, 1.54) is 30.6 Å². The minimum Gasteiger partial charge on any atom is -0.496 e. The molecule has 0 radical (unpaired) electrons. The maximum atomic E-state index is 5.37. The maximum absolute atomic E-state index is 5.37. The normalized spacial score (nSPS) is 16.4. The van der Waals surface area contributed by atoms with Crippen LogP contribution in [0, 0.1) is 6.92 Å². The molecule has 130 valence electrons. The van der Waals surface area contributed by atoms with Crippen LogP contribution in [0.2, 0.25) is 0 Å².